The highest BCUT2D eigenvalue weighted by Gasteiger charge is 2.32. The van der Waals surface area contributed by atoms with Crippen LogP contribution in [0.25, 0.3) is 0 Å². The van der Waals surface area contributed by atoms with Gasteiger partial charge in [0, 0.05) is 18.8 Å². The van der Waals surface area contributed by atoms with E-state index in [1.165, 1.54) is 0 Å². The second-order valence-corrected chi connectivity index (χ2v) is 5.23. The zero-order chi connectivity index (χ0) is 15.2. The molecule has 1 aromatic carbocycles. The molecule has 0 bridgehead atoms. The second kappa shape index (κ2) is 7.22. The summed E-state index contributed by atoms with van der Waals surface area (Å²) in [7, 11) is 1.76. The molecule has 0 unspecified atom stereocenters. The Morgan fingerprint density at radius 3 is 2.43 bits per heavy atom. The Labute approximate surface area is 125 Å². The Morgan fingerprint density at radius 2 is 1.86 bits per heavy atom. The average molecular weight is 290 g/mol. The summed E-state index contributed by atoms with van der Waals surface area (Å²) in [6.45, 7) is 2.59. The highest BCUT2D eigenvalue weighted by molar-refractivity contribution is 5.94. The molecule has 1 fully saturated rings. The average Bonchev–Trinajstić information content (AvgIpc) is 3.31. The van der Waals surface area contributed by atoms with Crippen molar-refractivity contribution in [3.8, 4) is 0 Å². The highest BCUT2D eigenvalue weighted by Crippen LogP contribution is 2.26. The van der Waals surface area contributed by atoms with E-state index in [1.807, 2.05) is 35.2 Å². The van der Waals surface area contributed by atoms with Crippen LogP contribution < -0.4 is 4.90 Å². The first-order valence-corrected chi connectivity index (χ1v) is 7.33. The number of ether oxygens (including phenoxy) is 1. The third-order valence-electron chi connectivity index (χ3n) is 3.56. The molecule has 1 saturated carbocycles. The lowest BCUT2D eigenvalue weighted by atomic mass is 10.3. The first kappa shape index (κ1) is 15.5. The van der Waals surface area contributed by atoms with E-state index in [1.54, 1.807) is 18.9 Å². The number of anilines is 1. The van der Waals surface area contributed by atoms with Crippen molar-refractivity contribution in [2.24, 2.45) is 0 Å². The van der Waals surface area contributed by atoms with E-state index >= 15 is 0 Å². The van der Waals surface area contributed by atoms with E-state index in [0.717, 1.165) is 18.5 Å². The third kappa shape index (κ3) is 4.56. The Morgan fingerprint density at radius 1 is 1.19 bits per heavy atom. The minimum Gasteiger partial charge on any atom is -0.465 e. The number of hydrogen-bond donors (Lipinski definition) is 0. The van der Waals surface area contributed by atoms with Crippen LogP contribution in [0.3, 0.4) is 0 Å². The maximum Gasteiger partial charge on any atom is 0.320 e. The number of esters is 1. The minimum absolute atomic E-state index is 0.0163. The van der Waals surface area contributed by atoms with Crippen LogP contribution in [0, 0.1) is 0 Å². The molecular weight excluding hydrogens is 268 g/mol. The van der Waals surface area contributed by atoms with Gasteiger partial charge in [0.05, 0.1) is 19.7 Å². The van der Waals surface area contributed by atoms with Crippen LogP contribution in [-0.4, -0.2) is 49.6 Å². The lowest BCUT2D eigenvalue weighted by molar-refractivity contribution is -0.144. The molecule has 1 aromatic rings. The fourth-order valence-electron chi connectivity index (χ4n) is 2.20. The van der Waals surface area contributed by atoms with Crippen molar-refractivity contribution in [3.05, 3.63) is 30.3 Å². The number of nitrogens with zero attached hydrogens (tertiary/aromatic N) is 2. The first-order chi connectivity index (χ1) is 10.1. The monoisotopic (exact) mass is 290 g/mol. The number of likely N-dealkylation sites (N-methyl/N-ethyl adjacent to an activating group) is 1. The van der Waals surface area contributed by atoms with E-state index < -0.39 is 0 Å². The quantitative estimate of drug-likeness (QED) is 0.717. The molecule has 0 heterocycles. The van der Waals surface area contributed by atoms with Crippen molar-refractivity contribution < 1.29 is 14.3 Å². The highest BCUT2D eigenvalue weighted by atomic mass is 16.5. The number of rotatable bonds is 7. The van der Waals surface area contributed by atoms with Crippen LogP contribution in [0.15, 0.2) is 30.3 Å². The number of carbonyl (C=O) groups excluding carboxylic acids is 2. The Balaban J connectivity index is 1.93. The largest absolute Gasteiger partial charge is 0.465 e. The van der Waals surface area contributed by atoms with Gasteiger partial charge in [0.25, 0.3) is 0 Å². The second-order valence-electron chi connectivity index (χ2n) is 5.23. The van der Waals surface area contributed by atoms with Crippen molar-refractivity contribution in [3.63, 3.8) is 0 Å². The van der Waals surface area contributed by atoms with Crippen molar-refractivity contribution >= 4 is 17.6 Å². The molecule has 5 nitrogen and oxygen atoms in total. The molecule has 1 aliphatic carbocycles. The Bertz CT molecular complexity index is 486. The van der Waals surface area contributed by atoms with Crippen LogP contribution in [0.4, 0.5) is 5.69 Å². The van der Waals surface area contributed by atoms with Gasteiger partial charge in [0.2, 0.25) is 5.91 Å². The summed E-state index contributed by atoms with van der Waals surface area (Å²) < 4.78 is 4.97. The smallest absolute Gasteiger partial charge is 0.320 e. The molecule has 0 radical (unpaired) electrons. The van der Waals surface area contributed by atoms with E-state index in [-0.39, 0.29) is 25.0 Å². The van der Waals surface area contributed by atoms with Crippen molar-refractivity contribution in [2.75, 3.05) is 31.6 Å². The van der Waals surface area contributed by atoms with Crippen molar-refractivity contribution in [1.82, 2.24) is 4.90 Å². The van der Waals surface area contributed by atoms with Gasteiger partial charge in [0.15, 0.2) is 0 Å². The fraction of sp³-hybridized carbons (Fsp3) is 0.500. The predicted octanol–water partition coefficient (Wildman–Crippen LogP) is 1.68. The van der Waals surface area contributed by atoms with Gasteiger partial charge >= 0.3 is 5.97 Å². The summed E-state index contributed by atoms with van der Waals surface area (Å²) >= 11 is 0. The summed E-state index contributed by atoms with van der Waals surface area (Å²) in [5.74, 6) is -0.281. The SMILES string of the molecule is CCOC(=O)CN(CC(=O)N(C)c1ccccc1)C1CC1. The Hall–Kier alpha value is -1.88. The molecule has 0 aromatic heterocycles. The zero-order valence-corrected chi connectivity index (χ0v) is 12.6. The van der Waals surface area contributed by atoms with Gasteiger partial charge in [-0.2, -0.15) is 0 Å². The molecule has 5 heteroatoms. The van der Waals surface area contributed by atoms with Crippen molar-refractivity contribution in [2.45, 2.75) is 25.8 Å². The summed E-state index contributed by atoms with van der Waals surface area (Å²) in [5.41, 5.74) is 0.856. The standard InChI is InChI=1S/C16H22N2O3/c1-3-21-16(20)12-18(14-9-10-14)11-15(19)17(2)13-7-5-4-6-8-13/h4-8,14H,3,9-12H2,1-2H3. The Kier molecular flexibility index (Phi) is 5.33. The van der Waals surface area contributed by atoms with E-state index in [9.17, 15) is 9.59 Å². The molecule has 0 N–H and O–H groups in total. The molecule has 2 rings (SSSR count). The molecule has 0 saturated heterocycles. The van der Waals surface area contributed by atoms with Crippen LogP contribution in [0.5, 0.6) is 0 Å². The lowest BCUT2D eigenvalue weighted by Crippen LogP contribution is -2.42. The van der Waals surface area contributed by atoms with Gasteiger partial charge < -0.3 is 9.64 Å². The molecule has 1 aliphatic rings. The van der Waals surface area contributed by atoms with Crippen LogP contribution in [0.2, 0.25) is 0 Å². The van der Waals surface area contributed by atoms with Crippen LogP contribution in [0.1, 0.15) is 19.8 Å². The maximum absolute atomic E-state index is 12.4. The fourth-order valence-corrected chi connectivity index (χ4v) is 2.20. The van der Waals surface area contributed by atoms with Gasteiger partial charge in [-0.3, -0.25) is 14.5 Å². The van der Waals surface area contributed by atoms with Gasteiger partial charge in [-0.1, -0.05) is 18.2 Å². The minimum atomic E-state index is -0.264. The van der Waals surface area contributed by atoms with Gasteiger partial charge in [-0.25, -0.2) is 0 Å². The topological polar surface area (TPSA) is 49.9 Å². The molecule has 0 aliphatic heterocycles. The number of carbonyl (C=O) groups is 2. The summed E-state index contributed by atoms with van der Waals surface area (Å²) in [4.78, 5) is 27.5. The molecule has 0 atom stereocenters. The summed E-state index contributed by atoms with van der Waals surface area (Å²) in [5, 5.41) is 0. The van der Waals surface area contributed by atoms with Crippen LogP contribution in [-0.2, 0) is 14.3 Å². The number of para-hydroxylation sites is 1. The van der Waals surface area contributed by atoms with Crippen LogP contribution >= 0.6 is 0 Å². The third-order valence-corrected chi connectivity index (χ3v) is 3.56. The summed E-state index contributed by atoms with van der Waals surface area (Å²) in [6, 6.07) is 9.84. The lowest BCUT2D eigenvalue weighted by Gasteiger charge is -2.24. The maximum atomic E-state index is 12.4. The van der Waals surface area contributed by atoms with E-state index in [0.29, 0.717) is 12.6 Å². The van der Waals surface area contributed by atoms with Gasteiger partial charge in [0.1, 0.15) is 0 Å². The van der Waals surface area contributed by atoms with Gasteiger partial charge in [-0.05, 0) is 31.9 Å². The first-order valence-electron chi connectivity index (χ1n) is 7.33. The predicted molar refractivity (Wildman–Crippen MR) is 81.1 cm³/mol. The van der Waals surface area contributed by atoms with E-state index in [2.05, 4.69) is 0 Å². The number of benzene rings is 1. The molecule has 114 valence electrons. The zero-order valence-electron chi connectivity index (χ0n) is 12.6. The number of amides is 1. The van der Waals surface area contributed by atoms with Gasteiger partial charge in [-0.15, -0.1) is 0 Å². The van der Waals surface area contributed by atoms with E-state index in [4.69, 9.17) is 4.74 Å². The molecule has 0 spiro atoms. The normalized spacial score (nSPS) is 14.0. The molecule has 21 heavy (non-hydrogen) atoms. The summed E-state index contributed by atoms with van der Waals surface area (Å²) in [6.07, 6.45) is 2.09. The molecular formula is C16H22N2O3. The number of hydrogen-bond acceptors (Lipinski definition) is 4. The molecule has 1 amide bonds. The van der Waals surface area contributed by atoms with Crippen molar-refractivity contribution in [1.29, 1.82) is 0 Å².